The van der Waals surface area contributed by atoms with Crippen LogP contribution in [0.5, 0.6) is 0 Å². The lowest BCUT2D eigenvalue weighted by Gasteiger charge is -2.10. The zero-order chi connectivity index (χ0) is 15.3. The van der Waals surface area contributed by atoms with Gasteiger partial charge in [-0.15, -0.1) is 0 Å². The Morgan fingerprint density at radius 2 is 1.86 bits per heavy atom. The number of aryl methyl sites for hydroxylation is 1. The van der Waals surface area contributed by atoms with Gasteiger partial charge < -0.3 is 5.32 Å². The van der Waals surface area contributed by atoms with E-state index in [-0.39, 0.29) is 4.90 Å². The minimum absolute atomic E-state index is 0.191. The first-order valence-corrected chi connectivity index (χ1v) is 8.29. The van der Waals surface area contributed by atoms with E-state index in [1.165, 1.54) is 18.3 Å². The number of aromatic nitrogens is 1. The Labute approximate surface area is 125 Å². The number of rotatable bonds is 6. The summed E-state index contributed by atoms with van der Waals surface area (Å²) in [5.74, 6) is 0.559. The second-order valence-corrected chi connectivity index (χ2v) is 6.46. The first-order valence-electron chi connectivity index (χ1n) is 6.80. The molecule has 0 aliphatic carbocycles. The van der Waals surface area contributed by atoms with Crippen molar-refractivity contribution < 1.29 is 8.42 Å². The molecule has 5 nitrogen and oxygen atoms in total. The summed E-state index contributed by atoms with van der Waals surface area (Å²) in [6.45, 7) is 4.74. The molecule has 0 amide bonds. The maximum atomic E-state index is 12.3. The summed E-state index contributed by atoms with van der Waals surface area (Å²) in [5.41, 5.74) is 1.62. The fourth-order valence-electron chi connectivity index (χ4n) is 1.76. The molecule has 2 aromatic rings. The third-order valence-corrected chi connectivity index (χ3v) is 4.28. The van der Waals surface area contributed by atoms with Crippen molar-refractivity contribution >= 4 is 21.5 Å². The molecule has 0 aliphatic heterocycles. The SMILES string of the molecule is CCCNc1cc(S(=O)(=O)Nc2ccc(C)cc2)ccn1. The average molecular weight is 305 g/mol. The molecule has 0 saturated carbocycles. The summed E-state index contributed by atoms with van der Waals surface area (Å²) in [5, 5.41) is 3.07. The van der Waals surface area contributed by atoms with Crippen LogP contribution in [-0.4, -0.2) is 19.9 Å². The minimum Gasteiger partial charge on any atom is -0.370 e. The van der Waals surface area contributed by atoms with Crippen LogP contribution in [0.2, 0.25) is 0 Å². The molecule has 0 atom stereocenters. The largest absolute Gasteiger partial charge is 0.370 e. The van der Waals surface area contributed by atoms with Crippen LogP contribution in [-0.2, 0) is 10.0 Å². The highest BCUT2D eigenvalue weighted by atomic mass is 32.2. The van der Waals surface area contributed by atoms with Crippen molar-refractivity contribution in [2.75, 3.05) is 16.6 Å². The van der Waals surface area contributed by atoms with E-state index in [1.54, 1.807) is 12.1 Å². The van der Waals surface area contributed by atoms with Gasteiger partial charge in [0.15, 0.2) is 0 Å². The van der Waals surface area contributed by atoms with E-state index in [4.69, 9.17) is 0 Å². The molecular formula is C15H19N3O2S. The summed E-state index contributed by atoms with van der Waals surface area (Å²) in [6.07, 6.45) is 2.43. The van der Waals surface area contributed by atoms with Crippen LogP contribution in [0.25, 0.3) is 0 Å². The molecule has 1 aromatic heterocycles. The zero-order valence-corrected chi connectivity index (χ0v) is 12.9. The Balaban J connectivity index is 2.20. The van der Waals surface area contributed by atoms with Crippen molar-refractivity contribution in [3.8, 4) is 0 Å². The monoisotopic (exact) mass is 305 g/mol. The first kappa shape index (κ1) is 15.3. The van der Waals surface area contributed by atoms with Gasteiger partial charge in [-0.1, -0.05) is 24.6 Å². The fraction of sp³-hybridized carbons (Fsp3) is 0.267. The van der Waals surface area contributed by atoms with Gasteiger partial charge in [0.1, 0.15) is 5.82 Å². The molecule has 6 heteroatoms. The van der Waals surface area contributed by atoms with Crippen LogP contribution in [0.4, 0.5) is 11.5 Å². The number of anilines is 2. The van der Waals surface area contributed by atoms with Crippen molar-refractivity contribution in [3.63, 3.8) is 0 Å². The Kier molecular flexibility index (Phi) is 4.80. The maximum absolute atomic E-state index is 12.3. The van der Waals surface area contributed by atoms with Crippen molar-refractivity contribution in [2.45, 2.75) is 25.2 Å². The van der Waals surface area contributed by atoms with Crippen molar-refractivity contribution in [1.82, 2.24) is 4.98 Å². The summed E-state index contributed by atoms with van der Waals surface area (Å²) in [6, 6.07) is 10.2. The maximum Gasteiger partial charge on any atom is 0.262 e. The molecule has 0 bridgehead atoms. The molecule has 0 saturated heterocycles. The number of hydrogen-bond donors (Lipinski definition) is 2. The van der Waals surface area contributed by atoms with Gasteiger partial charge in [-0.25, -0.2) is 13.4 Å². The molecule has 0 radical (unpaired) electrons. The van der Waals surface area contributed by atoms with Gasteiger partial charge in [0.05, 0.1) is 4.90 Å². The van der Waals surface area contributed by atoms with Gasteiger partial charge in [-0.2, -0.15) is 0 Å². The fourth-order valence-corrected chi connectivity index (χ4v) is 2.83. The van der Waals surface area contributed by atoms with Crippen LogP contribution < -0.4 is 10.0 Å². The van der Waals surface area contributed by atoms with E-state index in [0.29, 0.717) is 11.5 Å². The third kappa shape index (κ3) is 4.19. The Morgan fingerprint density at radius 3 is 2.52 bits per heavy atom. The van der Waals surface area contributed by atoms with Crippen LogP contribution in [0.15, 0.2) is 47.5 Å². The number of benzene rings is 1. The topological polar surface area (TPSA) is 71.1 Å². The number of sulfonamides is 1. The molecule has 21 heavy (non-hydrogen) atoms. The number of nitrogens with one attached hydrogen (secondary N) is 2. The normalized spacial score (nSPS) is 11.1. The van der Waals surface area contributed by atoms with E-state index in [1.807, 2.05) is 26.0 Å². The molecule has 0 unspecified atom stereocenters. The number of nitrogens with zero attached hydrogens (tertiary/aromatic N) is 1. The highest BCUT2D eigenvalue weighted by Crippen LogP contribution is 2.18. The van der Waals surface area contributed by atoms with Crippen molar-refractivity contribution in [3.05, 3.63) is 48.2 Å². The van der Waals surface area contributed by atoms with Crippen molar-refractivity contribution in [1.29, 1.82) is 0 Å². The summed E-state index contributed by atoms with van der Waals surface area (Å²) >= 11 is 0. The number of pyridine rings is 1. The van der Waals surface area contributed by atoms with Crippen LogP contribution >= 0.6 is 0 Å². The van der Waals surface area contributed by atoms with Gasteiger partial charge in [-0.3, -0.25) is 4.72 Å². The molecule has 1 heterocycles. The standard InChI is InChI=1S/C15H19N3O2S/c1-3-9-16-15-11-14(8-10-17-15)21(19,20)18-13-6-4-12(2)5-7-13/h4-8,10-11,18H,3,9H2,1-2H3,(H,16,17). The van der Waals surface area contributed by atoms with Gasteiger partial charge in [0, 0.05) is 24.5 Å². The second kappa shape index (κ2) is 6.58. The van der Waals surface area contributed by atoms with Gasteiger partial charge >= 0.3 is 0 Å². The highest BCUT2D eigenvalue weighted by Gasteiger charge is 2.14. The minimum atomic E-state index is -3.60. The predicted octanol–water partition coefficient (Wildman–Crippen LogP) is 3.01. The molecule has 0 spiro atoms. The van der Waals surface area contributed by atoms with Crippen LogP contribution in [0.1, 0.15) is 18.9 Å². The second-order valence-electron chi connectivity index (χ2n) is 4.78. The Morgan fingerprint density at radius 1 is 1.14 bits per heavy atom. The van der Waals surface area contributed by atoms with Gasteiger partial charge in [0.2, 0.25) is 0 Å². The Hall–Kier alpha value is -2.08. The quantitative estimate of drug-likeness (QED) is 0.860. The Bertz CT molecular complexity index is 697. The average Bonchev–Trinajstić information content (AvgIpc) is 2.48. The van der Waals surface area contributed by atoms with E-state index >= 15 is 0 Å². The van der Waals surface area contributed by atoms with Crippen LogP contribution in [0.3, 0.4) is 0 Å². The molecule has 2 N–H and O–H groups in total. The lowest BCUT2D eigenvalue weighted by atomic mass is 10.2. The predicted molar refractivity (Wildman–Crippen MR) is 85.0 cm³/mol. The highest BCUT2D eigenvalue weighted by molar-refractivity contribution is 7.92. The zero-order valence-electron chi connectivity index (χ0n) is 12.1. The van der Waals surface area contributed by atoms with E-state index < -0.39 is 10.0 Å². The van der Waals surface area contributed by atoms with E-state index in [9.17, 15) is 8.42 Å². The lowest BCUT2D eigenvalue weighted by Crippen LogP contribution is -2.13. The summed E-state index contributed by atoms with van der Waals surface area (Å²) in [7, 11) is -3.60. The smallest absolute Gasteiger partial charge is 0.262 e. The van der Waals surface area contributed by atoms with Gasteiger partial charge in [-0.05, 0) is 31.5 Å². The lowest BCUT2D eigenvalue weighted by molar-refractivity contribution is 0.601. The molecule has 1 aromatic carbocycles. The molecule has 112 valence electrons. The van der Waals surface area contributed by atoms with E-state index in [2.05, 4.69) is 15.0 Å². The third-order valence-electron chi connectivity index (χ3n) is 2.90. The first-order chi connectivity index (χ1) is 10.0. The molecular weight excluding hydrogens is 286 g/mol. The van der Waals surface area contributed by atoms with E-state index in [0.717, 1.165) is 18.5 Å². The molecule has 2 rings (SSSR count). The summed E-state index contributed by atoms with van der Waals surface area (Å²) < 4.78 is 27.3. The summed E-state index contributed by atoms with van der Waals surface area (Å²) in [4.78, 5) is 4.30. The van der Waals surface area contributed by atoms with Crippen LogP contribution in [0, 0.1) is 6.92 Å². The molecule has 0 fully saturated rings. The van der Waals surface area contributed by atoms with Crippen molar-refractivity contribution in [2.24, 2.45) is 0 Å². The molecule has 0 aliphatic rings. The number of hydrogen-bond acceptors (Lipinski definition) is 4. The van der Waals surface area contributed by atoms with Gasteiger partial charge in [0.25, 0.3) is 10.0 Å².